The highest BCUT2D eigenvalue weighted by Gasteiger charge is 2.22. The molecule has 0 spiro atoms. The predicted octanol–water partition coefficient (Wildman–Crippen LogP) is 0.620. The topological polar surface area (TPSA) is 93.1 Å². The molecule has 0 unspecified atom stereocenters. The van der Waals surface area contributed by atoms with Crippen molar-refractivity contribution in [2.24, 2.45) is 0 Å². The molecule has 1 heterocycles. The van der Waals surface area contributed by atoms with Crippen molar-refractivity contribution in [1.82, 2.24) is 0 Å². The summed E-state index contributed by atoms with van der Waals surface area (Å²) < 4.78 is 19.7. The molecule has 15 heavy (non-hydrogen) atoms. The highest BCUT2D eigenvalue weighted by atomic mass is 31.2. The van der Waals surface area contributed by atoms with Crippen LogP contribution in [-0.4, -0.2) is 15.8 Å². The summed E-state index contributed by atoms with van der Waals surface area (Å²) in [6.45, 7) is 0. The van der Waals surface area contributed by atoms with Crippen LogP contribution in [0.3, 0.4) is 0 Å². The smallest absolute Gasteiger partial charge is 0.426 e. The quantitative estimate of drug-likeness (QED) is 0.439. The van der Waals surface area contributed by atoms with Crippen LogP contribution in [0.1, 0.15) is 5.56 Å². The van der Waals surface area contributed by atoms with Crippen molar-refractivity contribution in [2.45, 2.75) is 6.42 Å². The maximum atomic E-state index is 10.9. The Bertz CT molecular complexity index is 462. The second-order valence-electron chi connectivity index (χ2n) is 3.00. The number of benzene rings is 1. The molecule has 1 aliphatic rings. The second kappa shape index (κ2) is 3.34. The lowest BCUT2D eigenvalue weighted by Crippen LogP contribution is -2.00. The third-order valence-corrected chi connectivity index (χ3v) is 2.27. The molecule has 80 valence electrons. The third-order valence-electron chi connectivity index (χ3n) is 1.82. The number of phosphoric acid groups is 1. The van der Waals surface area contributed by atoms with E-state index in [1.54, 1.807) is 0 Å². The van der Waals surface area contributed by atoms with Gasteiger partial charge < -0.3 is 9.26 Å². The number of fused-ring (bicyclic) bond motifs is 1. The van der Waals surface area contributed by atoms with Crippen molar-refractivity contribution in [3.8, 4) is 11.5 Å². The molecule has 0 atom stereocenters. The first-order valence-corrected chi connectivity index (χ1v) is 5.56. The van der Waals surface area contributed by atoms with E-state index in [4.69, 9.17) is 14.5 Å². The number of hydrogen-bond donors (Lipinski definition) is 2. The van der Waals surface area contributed by atoms with Crippen molar-refractivity contribution in [1.29, 1.82) is 0 Å². The molecule has 0 saturated heterocycles. The van der Waals surface area contributed by atoms with Gasteiger partial charge in [0.15, 0.2) is 0 Å². The number of esters is 1. The molecular formula is C8H7O6P. The van der Waals surface area contributed by atoms with E-state index >= 15 is 0 Å². The van der Waals surface area contributed by atoms with E-state index in [2.05, 4.69) is 4.52 Å². The van der Waals surface area contributed by atoms with Crippen LogP contribution in [-0.2, 0) is 15.8 Å². The first kappa shape index (κ1) is 10.2. The molecule has 6 nitrogen and oxygen atoms in total. The molecule has 0 saturated carbocycles. The summed E-state index contributed by atoms with van der Waals surface area (Å²) in [7, 11) is -4.57. The molecule has 2 rings (SSSR count). The Morgan fingerprint density at radius 3 is 2.80 bits per heavy atom. The van der Waals surface area contributed by atoms with E-state index in [1.807, 2.05) is 0 Å². The number of carbonyl (C=O) groups excluding carboxylic acids is 1. The molecule has 1 aromatic rings. The van der Waals surface area contributed by atoms with Gasteiger partial charge in [-0.15, -0.1) is 0 Å². The minimum Gasteiger partial charge on any atom is -0.426 e. The Balaban J connectivity index is 2.28. The fourth-order valence-electron chi connectivity index (χ4n) is 1.28. The summed E-state index contributed by atoms with van der Waals surface area (Å²) in [5.74, 6) is -0.138. The van der Waals surface area contributed by atoms with Gasteiger partial charge in [-0.3, -0.25) is 14.6 Å². The maximum Gasteiger partial charge on any atom is 0.524 e. The summed E-state index contributed by atoms with van der Waals surface area (Å²) in [6, 6.07) is 4.18. The van der Waals surface area contributed by atoms with Crippen LogP contribution in [0.4, 0.5) is 0 Å². The van der Waals surface area contributed by atoms with E-state index in [0.29, 0.717) is 5.56 Å². The van der Waals surface area contributed by atoms with E-state index in [-0.39, 0.29) is 17.9 Å². The number of carbonyl (C=O) groups is 1. The minimum atomic E-state index is -4.57. The van der Waals surface area contributed by atoms with Gasteiger partial charge in [-0.2, -0.15) is 0 Å². The van der Waals surface area contributed by atoms with Crippen molar-refractivity contribution in [2.75, 3.05) is 0 Å². The fraction of sp³-hybridized carbons (Fsp3) is 0.125. The van der Waals surface area contributed by atoms with E-state index in [1.165, 1.54) is 18.2 Å². The fourth-order valence-corrected chi connectivity index (χ4v) is 1.67. The highest BCUT2D eigenvalue weighted by molar-refractivity contribution is 7.46. The van der Waals surface area contributed by atoms with Crippen molar-refractivity contribution in [3.05, 3.63) is 23.8 Å². The summed E-state index contributed by atoms with van der Waals surface area (Å²) >= 11 is 0. The largest absolute Gasteiger partial charge is 0.524 e. The zero-order valence-corrected chi connectivity index (χ0v) is 8.31. The van der Waals surface area contributed by atoms with Crippen LogP contribution >= 0.6 is 7.82 Å². The Morgan fingerprint density at radius 2 is 2.13 bits per heavy atom. The molecule has 0 fully saturated rings. The normalized spacial score (nSPS) is 14.7. The van der Waals surface area contributed by atoms with Crippen molar-refractivity contribution >= 4 is 13.8 Å². The lowest BCUT2D eigenvalue weighted by atomic mass is 10.2. The standard InChI is InChI=1S/C8H7O6P/c9-8-3-5-1-2-6(4-7(5)13-8)14-15(10,11)12/h1-2,4H,3H2,(H2,10,11,12). The summed E-state index contributed by atoms with van der Waals surface area (Å²) in [6.07, 6.45) is 0.172. The molecule has 2 N–H and O–H groups in total. The zero-order valence-electron chi connectivity index (χ0n) is 7.41. The molecule has 7 heteroatoms. The average molecular weight is 230 g/mol. The van der Waals surface area contributed by atoms with E-state index in [9.17, 15) is 9.36 Å². The molecule has 0 aromatic heterocycles. The summed E-state index contributed by atoms with van der Waals surface area (Å²) in [5, 5.41) is 0. The predicted molar refractivity (Wildman–Crippen MR) is 48.5 cm³/mol. The monoisotopic (exact) mass is 230 g/mol. The molecular weight excluding hydrogens is 223 g/mol. The van der Waals surface area contributed by atoms with Gasteiger partial charge in [0.05, 0.1) is 6.42 Å². The van der Waals surface area contributed by atoms with Crippen LogP contribution in [0.25, 0.3) is 0 Å². The van der Waals surface area contributed by atoms with Crippen LogP contribution in [0.15, 0.2) is 18.2 Å². The molecule has 0 amide bonds. The van der Waals surface area contributed by atoms with Gasteiger partial charge in [-0.05, 0) is 6.07 Å². The Kier molecular flexibility index (Phi) is 2.26. The lowest BCUT2D eigenvalue weighted by molar-refractivity contribution is -0.131. The van der Waals surface area contributed by atoms with E-state index in [0.717, 1.165) is 0 Å². The molecule has 0 radical (unpaired) electrons. The van der Waals surface area contributed by atoms with Crippen LogP contribution < -0.4 is 9.26 Å². The third kappa shape index (κ3) is 2.36. The summed E-state index contributed by atoms with van der Waals surface area (Å²) in [5.41, 5.74) is 0.679. The SMILES string of the molecule is O=C1Cc2ccc(OP(=O)(O)O)cc2O1. The first-order valence-electron chi connectivity index (χ1n) is 4.03. The van der Waals surface area contributed by atoms with Gasteiger partial charge in [0, 0.05) is 11.6 Å². The van der Waals surface area contributed by atoms with Gasteiger partial charge in [0.1, 0.15) is 11.5 Å². The van der Waals surface area contributed by atoms with Gasteiger partial charge >= 0.3 is 13.8 Å². The first-order chi connectivity index (χ1) is 6.94. The zero-order chi connectivity index (χ0) is 11.1. The Morgan fingerprint density at radius 1 is 1.40 bits per heavy atom. The molecule has 1 aliphatic heterocycles. The molecule has 0 bridgehead atoms. The number of rotatable bonds is 2. The molecule has 1 aromatic carbocycles. The van der Waals surface area contributed by atoms with Gasteiger partial charge in [-0.25, -0.2) is 4.57 Å². The van der Waals surface area contributed by atoms with Crippen LogP contribution in [0.5, 0.6) is 11.5 Å². The van der Waals surface area contributed by atoms with E-state index < -0.39 is 13.8 Å². The number of phosphoric ester groups is 1. The minimum absolute atomic E-state index is 0.0308. The Hall–Kier alpha value is -1.36. The van der Waals surface area contributed by atoms with Gasteiger partial charge in [0.2, 0.25) is 0 Å². The highest BCUT2D eigenvalue weighted by Crippen LogP contribution is 2.40. The van der Waals surface area contributed by atoms with Crippen LogP contribution in [0.2, 0.25) is 0 Å². The van der Waals surface area contributed by atoms with Gasteiger partial charge in [-0.1, -0.05) is 6.07 Å². The maximum absolute atomic E-state index is 10.9. The lowest BCUT2D eigenvalue weighted by Gasteiger charge is -2.07. The number of hydrogen-bond acceptors (Lipinski definition) is 4. The Labute approximate surface area is 84.7 Å². The second-order valence-corrected chi connectivity index (χ2v) is 4.17. The summed E-state index contributed by atoms with van der Waals surface area (Å²) in [4.78, 5) is 28.0. The van der Waals surface area contributed by atoms with Crippen molar-refractivity contribution in [3.63, 3.8) is 0 Å². The van der Waals surface area contributed by atoms with Crippen LogP contribution in [0, 0.1) is 0 Å². The molecule has 0 aliphatic carbocycles. The van der Waals surface area contributed by atoms with Crippen molar-refractivity contribution < 1.29 is 28.4 Å². The number of ether oxygens (including phenoxy) is 1. The average Bonchev–Trinajstić information content (AvgIpc) is 2.40. The van der Waals surface area contributed by atoms with Gasteiger partial charge in [0.25, 0.3) is 0 Å².